The fourth-order valence-corrected chi connectivity index (χ4v) is 6.33. The van der Waals surface area contributed by atoms with Gasteiger partial charge in [-0.25, -0.2) is 9.59 Å². The van der Waals surface area contributed by atoms with Crippen LogP contribution in [0.25, 0.3) is 0 Å². The fraction of sp³-hybridized carbons (Fsp3) is 0.364. The highest BCUT2D eigenvalue weighted by molar-refractivity contribution is 5.86. The number of carboxylic acids is 1. The number of aliphatic carboxylic acids is 1. The number of carbonyl (C=O) groups is 3. The first-order valence-electron chi connectivity index (χ1n) is 14.2. The van der Waals surface area contributed by atoms with Crippen LogP contribution in [0.5, 0.6) is 0 Å². The summed E-state index contributed by atoms with van der Waals surface area (Å²) in [5.74, 6) is -1.18. The van der Waals surface area contributed by atoms with Crippen molar-refractivity contribution in [1.82, 2.24) is 19.6 Å². The predicted molar refractivity (Wildman–Crippen MR) is 157 cm³/mol. The maximum Gasteiger partial charge on any atom is 0.326 e. The smallest absolute Gasteiger partial charge is 0.326 e. The molecule has 1 unspecified atom stereocenters. The Morgan fingerprint density at radius 2 is 1.17 bits per heavy atom. The molecule has 0 spiro atoms. The number of likely N-dealkylation sites (N-methyl/N-ethyl adjacent to an activating group) is 1. The Bertz CT molecular complexity index is 1260. The lowest BCUT2D eigenvalue weighted by Crippen LogP contribution is -2.57. The van der Waals surface area contributed by atoms with Gasteiger partial charge in [-0.15, -0.1) is 0 Å². The molecule has 0 aliphatic carbocycles. The molecule has 0 saturated carbocycles. The Morgan fingerprint density at radius 3 is 1.56 bits per heavy atom. The Kier molecular flexibility index (Phi) is 8.13. The number of benzene rings is 3. The average Bonchev–Trinajstić information content (AvgIpc) is 3.79. The molecule has 3 aromatic rings. The molecule has 2 aliphatic heterocycles. The van der Waals surface area contributed by atoms with Crippen LogP contribution in [-0.2, 0) is 15.1 Å². The maximum absolute atomic E-state index is 13.9. The number of piperazine rings is 1. The van der Waals surface area contributed by atoms with E-state index in [9.17, 15) is 19.5 Å². The Balaban J connectivity index is 1.36. The molecule has 41 heavy (non-hydrogen) atoms. The van der Waals surface area contributed by atoms with E-state index in [-0.39, 0.29) is 23.9 Å². The van der Waals surface area contributed by atoms with Gasteiger partial charge in [0.05, 0.1) is 5.54 Å². The van der Waals surface area contributed by atoms with Crippen molar-refractivity contribution in [3.05, 3.63) is 108 Å². The Labute approximate surface area is 241 Å². The van der Waals surface area contributed by atoms with Crippen molar-refractivity contribution in [3.63, 3.8) is 0 Å². The van der Waals surface area contributed by atoms with Gasteiger partial charge in [0.15, 0.2) is 0 Å². The third kappa shape index (κ3) is 5.32. The van der Waals surface area contributed by atoms with Crippen LogP contribution in [0.3, 0.4) is 0 Å². The highest BCUT2D eigenvalue weighted by atomic mass is 16.4. The summed E-state index contributed by atoms with van der Waals surface area (Å²) < 4.78 is 0. The van der Waals surface area contributed by atoms with Gasteiger partial charge in [0.2, 0.25) is 5.91 Å². The molecular formula is C33H38N4O4. The summed E-state index contributed by atoms with van der Waals surface area (Å²) in [6, 6.07) is 29.5. The average molecular weight is 555 g/mol. The SMILES string of the molecule is CC(C)[C@@H](C(=O)O)N(C)C(=O)N1CCN(C(=O)[C@H]2CN2C(c2ccccc2)(c2ccccc2)c2ccccc2)CC1. The zero-order valence-corrected chi connectivity index (χ0v) is 23.9. The molecule has 0 aromatic heterocycles. The zero-order valence-electron chi connectivity index (χ0n) is 23.9. The summed E-state index contributed by atoms with van der Waals surface area (Å²) in [6.45, 7) is 5.77. The van der Waals surface area contributed by atoms with E-state index in [1.807, 2.05) is 59.5 Å². The molecule has 8 heteroatoms. The molecule has 3 amide bonds. The van der Waals surface area contributed by atoms with Gasteiger partial charge in [0.1, 0.15) is 12.1 Å². The standard InChI is InChI=1S/C33H38N4O4/c1-24(2)29(31(39)40)34(3)32(41)36-21-19-35(20-22-36)30(38)28-23-37(28)33(25-13-7-4-8-14-25,26-15-9-5-10-16-26)27-17-11-6-12-18-27/h4-18,24,28-29H,19-23H2,1-3H3,(H,39,40)/t28-,29+,37?/m1/s1. The number of hydrogen-bond donors (Lipinski definition) is 1. The van der Waals surface area contributed by atoms with Gasteiger partial charge in [-0.2, -0.15) is 0 Å². The van der Waals surface area contributed by atoms with E-state index >= 15 is 0 Å². The van der Waals surface area contributed by atoms with Crippen LogP contribution in [0.15, 0.2) is 91.0 Å². The Morgan fingerprint density at radius 1 is 0.756 bits per heavy atom. The summed E-state index contributed by atoms with van der Waals surface area (Å²) in [5, 5.41) is 9.61. The minimum absolute atomic E-state index is 0.0585. The van der Waals surface area contributed by atoms with Crippen molar-refractivity contribution in [2.75, 3.05) is 39.8 Å². The minimum atomic E-state index is -1.02. The van der Waals surface area contributed by atoms with Crippen molar-refractivity contribution in [2.24, 2.45) is 5.92 Å². The van der Waals surface area contributed by atoms with Crippen LogP contribution in [0.1, 0.15) is 30.5 Å². The van der Waals surface area contributed by atoms with Gasteiger partial charge in [-0.1, -0.05) is 105 Å². The number of nitrogens with zero attached hydrogens (tertiary/aromatic N) is 4. The van der Waals surface area contributed by atoms with Crippen LogP contribution >= 0.6 is 0 Å². The third-order valence-electron chi connectivity index (χ3n) is 8.37. The maximum atomic E-state index is 13.9. The van der Waals surface area contributed by atoms with Crippen molar-refractivity contribution in [3.8, 4) is 0 Å². The second kappa shape index (κ2) is 11.7. The first-order valence-corrected chi connectivity index (χ1v) is 14.2. The molecule has 5 rings (SSSR count). The van der Waals surface area contributed by atoms with Gasteiger partial charge in [0.25, 0.3) is 0 Å². The number of rotatable bonds is 8. The molecule has 1 N–H and O–H groups in total. The van der Waals surface area contributed by atoms with Crippen molar-refractivity contribution in [1.29, 1.82) is 0 Å². The monoisotopic (exact) mass is 554 g/mol. The van der Waals surface area contributed by atoms with E-state index in [1.54, 1.807) is 18.7 Å². The van der Waals surface area contributed by atoms with E-state index in [0.717, 1.165) is 16.7 Å². The number of urea groups is 1. The van der Waals surface area contributed by atoms with Crippen LogP contribution in [-0.4, -0.2) is 94.5 Å². The summed E-state index contributed by atoms with van der Waals surface area (Å²) in [7, 11) is 1.54. The predicted octanol–water partition coefficient (Wildman–Crippen LogP) is 3.97. The van der Waals surface area contributed by atoms with Gasteiger partial charge < -0.3 is 19.8 Å². The van der Waals surface area contributed by atoms with Crippen molar-refractivity contribution in [2.45, 2.75) is 31.5 Å². The van der Waals surface area contributed by atoms with Crippen LogP contribution in [0.4, 0.5) is 4.79 Å². The van der Waals surface area contributed by atoms with Crippen LogP contribution in [0, 0.1) is 5.92 Å². The van der Waals surface area contributed by atoms with Crippen molar-refractivity contribution < 1.29 is 19.5 Å². The molecule has 3 atom stereocenters. The molecule has 8 nitrogen and oxygen atoms in total. The van der Waals surface area contributed by atoms with E-state index in [1.165, 1.54) is 11.9 Å². The quantitative estimate of drug-likeness (QED) is 0.337. The summed E-state index contributed by atoms with van der Waals surface area (Å²) in [4.78, 5) is 45.8. The molecule has 2 fully saturated rings. The normalized spacial score (nSPS) is 19.5. The fourth-order valence-electron chi connectivity index (χ4n) is 6.33. The van der Waals surface area contributed by atoms with Gasteiger partial charge in [0, 0.05) is 39.8 Å². The van der Waals surface area contributed by atoms with E-state index in [4.69, 9.17) is 0 Å². The largest absolute Gasteiger partial charge is 0.480 e. The first kappa shape index (κ1) is 28.4. The van der Waals surface area contributed by atoms with Crippen LogP contribution in [0.2, 0.25) is 0 Å². The number of carboxylic acid groups (broad SMARTS) is 1. The van der Waals surface area contributed by atoms with Gasteiger partial charge in [-0.3, -0.25) is 9.69 Å². The van der Waals surface area contributed by atoms with Gasteiger partial charge >= 0.3 is 12.0 Å². The summed E-state index contributed by atoms with van der Waals surface area (Å²) >= 11 is 0. The third-order valence-corrected chi connectivity index (χ3v) is 8.37. The Hall–Kier alpha value is -4.17. The molecular weight excluding hydrogens is 516 g/mol. The van der Waals surface area contributed by atoms with E-state index in [2.05, 4.69) is 41.3 Å². The summed E-state index contributed by atoms with van der Waals surface area (Å²) in [5.41, 5.74) is 2.67. The summed E-state index contributed by atoms with van der Waals surface area (Å²) in [6.07, 6.45) is 0. The first-order chi connectivity index (χ1) is 19.8. The van der Waals surface area contributed by atoms with Crippen LogP contribution < -0.4 is 0 Å². The molecule has 0 bridgehead atoms. The second-order valence-electron chi connectivity index (χ2n) is 11.2. The lowest BCUT2D eigenvalue weighted by molar-refractivity contribution is -0.143. The number of amides is 3. The zero-order chi connectivity index (χ0) is 29.1. The molecule has 214 valence electrons. The lowest BCUT2D eigenvalue weighted by Gasteiger charge is -2.40. The molecule has 0 radical (unpaired) electrons. The lowest BCUT2D eigenvalue weighted by atomic mass is 9.76. The second-order valence-corrected chi connectivity index (χ2v) is 11.2. The topological polar surface area (TPSA) is 84.2 Å². The number of carbonyl (C=O) groups excluding carboxylic acids is 2. The molecule has 3 aromatic carbocycles. The molecule has 2 heterocycles. The van der Waals surface area contributed by atoms with Crippen molar-refractivity contribution >= 4 is 17.9 Å². The van der Waals surface area contributed by atoms with E-state index in [0.29, 0.717) is 32.7 Å². The minimum Gasteiger partial charge on any atom is -0.480 e. The highest BCUT2D eigenvalue weighted by Gasteiger charge is 2.56. The van der Waals surface area contributed by atoms with E-state index < -0.39 is 17.6 Å². The van der Waals surface area contributed by atoms with Gasteiger partial charge in [-0.05, 0) is 22.6 Å². The number of hydrogen-bond acceptors (Lipinski definition) is 4. The molecule has 2 saturated heterocycles. The molecule has 2 aliphatic rings. The highest BCUT2D eigenvalue weighted by Crippen LogP contribution is 2.48.